The lowest BCUT2D eigenvalue weighted by atomic mass is 9.81. The zero-order valence-electron chi connectivity index (χ0n) is 42.5. The van der Waals surface area contributed by atoms with Gasteiger partial charge in [0.25, 0.3) is 11.7 Å². The number of Topliss-reactive ketones (excluding diaryl/α,β-unsaturated/α-hetero) is 2. The van der Waals surface area contributed by atoms with Crippen LogP contribution in [0.2, 0.25) is 0 Å². The molecule has 1 aromatic carbocycles. The summed E-state index contributed by atoms with van der Waals surface area (Å²) < 4.78 is 92.6. The Balaban J connectivity index is 1.42. The second-order valence-electron chi connectivity index (χ2n) is 20.2. The van der Waals surface area contributed by atoms with Crippen molar-refractivity contribution in [1.82, 2.24) is 4.90 Å². The minimum Gasteiger partial charge on any atom is -0.456 e. The molecule has 3 heterocycles. The molecule has 4 aliphatic rings. The number of piperidine rings is 1. The first-order valence-electron chi connectivity index (χ1n) is 24.9. The number of fused-ring (bicyclic) bond motifs is 3. The second-order valence-corrected chi connectivity index (χ2v) is 20.2. The fraction of sp³-hybridized carbons (Fsp3) is 0.731. The molecule has 3 aliphatic heterocycles. The van der Waals surface area contributed by atoms with Gasteiger partial charge in [-0.2, -0.15) is 0 Å². The van der Waals surface area contributed by atoms with Crippen molar-refractivity contribution < 1.29 is 85.2 Å². The van der Waals surface area contributed by atoms with Gasteiger partial charge in [0, 0.05) is 58.1 Å². The summed E-state index contributed by atoms with van der Waals surface area (Å²) in [5.74, 6) is -10.3. The molecule has 3 N–H and O–H groups in total. The lowest BCUT2D eigenvalue weighted by molar-refractivity contribution is -0.302. The standard InChI is InChI=1S/C52H75F4NO14/c1-10-34-18-28(2)17-29(3)19-44(66-8)47-45(67-9)21-31(5)51(64,71-47)48(61)49(62)57-16-12-11-13-38(57)50(63)69-46(32(6)39(58)26-40(34)59)30(4)20-33-14-15-42(43(22-33)65-7)68-27-41(60)35-23-36(53)25-37(24-35)70-52(54,55)56/h18,20,23-25,29,31-34,38-39,41-47,58,60,64H,10-17,19,21-22,26-27H2,1-9H3/b28-18+,30-20?. The number of amides is 1. The molecule has 15 atom stereocenters. The molecule has 5 rings (SSSR count). The van der Waals surface area contributed by atoms with E-state index in [1.165, 1.54) is 21.3 Å². The van der Waals surface area contributed by atoms with Crippen molar-refractivity contribution in [2.24, 2.45) is 29.6 Å². The average molecular weight is 1010 g/mol. The van der Waals surface area contributed by atoms with Gasteiger partial charge in [0.1, 0.15) is 41.7 Å². The van der Waals surface area contributed by atoms with Crippen molar-refractivity contribution in [3.05, 3.63) is 52.9 Å². The number of allylic oxidation sites excluding steroid dienone is 3. The molecule has 1 aromatic rings. The molecule has 15 unspecified atom stereocenters. The maximum absolute atomic E-state index is 14.5. The van der Waals surface area contributed by atoms with Gasteiger partial charge < -0.3 is 53.4 Å². The number of aliphatic hydroxyl groups excluding tert-OH is 2. The first-order valence-corrected chi connectivity index (χ1v) is 24.9. The predicted octanol–water partition coefficient (Wildman–Crippen LogP) is 7.27. The zero-order chi connectivity index (χ0) is 52.5. The van der Waals surface area contributed by atoms with E-state index in [2.05, 4.69) is 4.74 Å². The number of nitrogens with zero attached hydrogens (tertiary/aromatic N) is 1. The normalized spacial score (nSPS) is 35.9. The van der Waals surface area contributed by atoms with Crippen molar-refractivity contribution in [2.75, 3.05) is 34.5 Å². The van der Waals surface area contributed by atoms with Gasteiger partial charge >= 0.3 is 12.3 Å². The molecule has 15 nitrogen and oxygen atoms in total. The Labute approximate surface area is 414 Å². The summed E-state index contributed by atoms with van der Waals surface area (Å²) in [6, 6.07) is 1.09. The van der Waals surface area contributed by atoms with E-state index < -0.39 is 114 Å². The summed E-state index contributed by atoms with van der Waals surface area (Å²) in [5.41, 5.74) is 1.30. The molecular weight excluding hydrogens is 939 g/mol. The third kappa shape index (κ3) is 14.9. The third-order valence-electron chi connectivity index (χ3n) is 14.8. The Morgan fingerprint density at radius 1 is 0.930 bits per heavy atom. The fourth-order valence-corrected chi connectivity index (χ4v) is 10.8. The van der Waals surface area contributed by atoms with Gasteiger partial charge in [-0.05, 0) is 113 Å². The van der Waals surface area contributed by atoms with Crippen LogP contribution in [0, 0.1) is 35.4 Å². The summed E-state index contributed by atoms with van der Waals surface area (Å²) in [6.07, 6.45) is -4.63. The van der Waals surface area contributed by atoms with Crippen LogP contribution in [0.15, 0.2) is 41.5 Å². The highest BCUT2D eigenvalue weighted by atomic mass is 19.4. The van der Waals surface area contributed by atoms with Crippen LogP contribution in [-0.4, -0.2) is 139 Å². The zero-order valence-corrected chi connectivity index (χ0v) is 42.5. The van der Waals surface area contributed by atoms with E-state index in [0.29, 0.717) is 63.0 Å². The highest BCUT2D eigenvalue weighted by Crippen LogP contribution is 2.40. The van der Waals surface area contributed by atoms with E-state index in [0.717, 1.165) is 22.6 Å². The number of halogens is 4. The van der Waals surface area contributed by atoms with Crippen molar-refractivity contribution in [2.45, 2.75) is 179 Å². The van der Waals surface area contributed by atoms with Crippen molar-refractivity contribution in [3.8, 4) is 5.75 Å². The summed E-state index contributed by atoms with van der Waals surface area (Å²) in [7, 11) is 4.48. The van der Waals surface area contributed by atoms with Crippen LogP contribution in [0.3, 0.4) is 0 Å². The number of ketones is 2. The van der Waals surface area contributed by atoms with Crippen LogP contribution < -0.4 is 4.74 Å². The quantitative estimate of drug-likeness (QED) is 0.0867. The summed E-state index contributed by atoms with van der Waals surface area (Å²) in [6.45, 7) is 10.5. The fourth-order valence-electron chi connectivity index (χ4n) is 10.8. The number of carbonyl (C=O) groups excluding carboxylic acids is 4. The molecule has 0 aromatic heterocycles. The van der Waals surface area contributed by atoms with E-state index in [9.17, 15) is 52.1 Å². The Hall–Kier alpha value is -3.82. The van der Waals surface area contributed by atoms with E-state index in [4.69, 9.17) is 28.4 Å². The summed E-state index contributed by atoms with van der Waals surface area (Å²) in [4.78, 5) is 58.3. The Morgan fingerprint density at radius 3 is 2.25 bits per heavy atom. The number of ether oxygens (including phenoxy) is 7. The van der Waals surface area contributed by atoms with Gasteiger partial charge in [-0.15, -0.1) is 13.2 Å². The molecule has 3 fully saturated rings. The lowest BCUT2D eigenvalue weighted by Gasteiger charge is -2.47. The van der Waals surface area contributed by atoms with Crippen LogP contribution in [0.1, 0.15) is 124 Å². The predicted molar refractivity (Wildman–Crippen MR) is 250 cm³/mol. The number of alkyl halides is 3. The van der Waals surface area contributed by atoms with Gasteiger partial charge in [-0.1, -0.05) is 45.4 Å². The number of hydrogen-bond acceptors (Lipinski definition) is 14. The molecule has 2 saturated heterocycles. The minimum atomic E-state index is -5.07. The highest BCUT2D eigenvalue weighted by Gasteiger charge is 2.56. The number of esters is 1. The van der Waals surface area contributed by atoms with E-state index in [-0.39, 0.29) is 55.6 Å². The molecule has 1 amide bonds. The smallest absolute Gasteiger partial charge is 0.456 e. The Bertz CT molecular complexity index is 2050. The topological polar surface area (TPSA) is 197 Å². The van der Waals surface area contributed by atoms with Crippen molar-refractivity contribution in [1.29, 1.82) is 0 Å². The van der Waals surface area contributed by atoms with Crippen LogP contribution >= 0.6 is 0 Å². The summed E-state index contributed by atoms with van der Waals surface area (Å²) in [5, 5.41) is 34.7. The summed E-state index contributed by atoms with van der Waals surface area (Å²) >= 11 is 0. The number of benzene rings is 1. The second kappa shape index (κ2) is 25.4. The number of hydrogen-bond donors (Lipinski definition) is 3. The molecule has 0 radical (unpaired) electrons. The van der Waals surface area contributed by atoms with Gasteiger partial charge in [-0.3, -0.25) is 14.4 Å². The Kier molecular flexibility index (Phi) is 20.8. The largest absolute Gasteiger partial charge is 0.573 e. The van der Waals surface area contributed by atoms with Gasteiger partial charge in [0.05, 0.1) is 37.1 Å². The Morgan fingerprint density at radius 2 is 1.61 bits per heavy atom. The number of cyclic esters (lactones) is 1. The monoisotopic (exact) mass is 1010 g/mol. The van der Waals surface area contributed by atoms with Gasteiger partial charge in [0.15, 0.2) is 0 Å². The van der Waals surface area contributed by atoms with Crippen LogP contribution in [0.4, 0.5) is 17.6 Å². The van der Waals surface area contributed by atoms with Crippen LogP contribution in [0.25, 0.3) is 0 Å². The number of carbonyl (C=O) groups is 4. The molecule has 1 aliphatic carbocycles. The van der Waals surface area contributed by atoms with Crippen molar-refractivity contribution >= 4 is 23.4 Å². The van der Waals surface area contributed by atoms with Crippen molar-refractivity contribution in [3.63, 3.8) is 0 Å². The van der Waals surface area contributed by atoms with E-state index in [1.807, 2.05) is 32.9 Å². The average Bonchev–Trinajstić information content (AvgIpc) is 3.32. The molecule has 1 saturated carbocycles. The number of rotatable bonds is 11. The minimum absolute atomic E-state index is 0.0184. The first kappa shape index (κ1) is 58.1. The van der Waals surface area contributed by atoms with Gasteiger partial charge in [-0.25, -0.2) is 9.18 Å². The number of methoxy groups -OCH3 is 3. The lowest BCUT2D eigenvalue weighted by Crippen LogP contribution is -2.64. The van der Waals surface area contributed by atoms with Gasteiger partial charge in [0.2, 0.25) is 5.79 Å². The molecule has 71 heavy (non-hydrogen) atoms. The molecule has 2 bridgehead atoms. The highest BCUT2D eigenvalue weighted by molar-refractivity contribution is 6.39. The number of aliphatic hydroxyl groups is 3. The first-order chi connectivity index (χ1) is 33.4. The van der Waals surface area contributed by atoms with Crippen LogP contribution in [0.5, 0.6) is 5.75 Å². The SMILES string of the molecule is CCC1/C=C(\C)CC(C)CC(OC)C2OC(O)(C(=O)C(=O)N3CCCCC3C(=O)OC(C(C)=CC3CCC(OCC(O)c4cc(F)cc(OC(F)(F)F)c4)C(OC)C3)C(C)C(O)CC1=O)C(C)CC2OC. The molecule has 0 spiro atoms. The molecular formula is C52H75F4NO14. The molecule has 400 valence electrons. The maximum atomic E-state index is 14.5. The maximum Gasteiger partial charge on any atom is 0.573 e. The molecule has 19 heteroatoms. The van der Waals surface area contributed by atoms with E-state index in [1.54, 1.807) is 20.8 Å². The van der Waals surface area contributed by atoms with Crippen LogP contribution in [-0.2, 0) is 47.6 Å². The van der Waals surface area contributed by atoms with E-state index >= 15 is 0 Å². The third-order valence-corrected chi connectivity index (χ3v) is 14.8.